The van der Waals surface area contributed by atoms with Crippen molar-refractivity contribution in [3.63, 3.8) is 0 Å². The van der Waals surface area contributed by atoms with E-state index in [1.54, 1.807) is 6.26 Å². The van der Waals surface area contributed by atoms with Crippen molar-refractivity contribution < 1.29 is 4.42 Å². The quantitative estimate of drug-likeness (QED) is 0.642. The first kappa shape index (κ1) is 6.00. The minimum Gasteiger partial charge on any atom is -0.448 e. The molecule has 1 saturated carbocycles. The van der Waals surface area contributed by atoms with Gasteiger partial charge in [-0.15, -0.1) is 11.8 Å². The van der Waals surface area contributed by atoms with Crippen molar-refractivity contribution in [3.05, 3.63) is 12.3 Å². The zero-order valence-corrected chi connectivity index (χ0v) is 6.91. The van der Waals surface area contributed by atoms with Gasteiger partial charge < -0.3 is 9.73 Å². The van der Waals surface area contributed by atoms with Crippen LogP contribution in [-0.2, 0) is 0 Å². The molecule has 2 nitrogen and oxygen atoms in total. The minimum atomic E-state index is 0.539. The molecule has 0 amide bonds. The van der Waals surface area contributed by atoms with E-state index in [1.807, 2.05) is 17.8 Å². The Hall–Kier alpha value is -0.570. The predicted octanol–water partition coefficient (Wildman–Crippen LogP) is 2.33. The predicted molar refractivity (Wildman–Crippen MR) is 45.0 cm³/mol. The largest absolute Gasteiger partial charge is 0.448 e. The molecular formula is C8H9NOS. The Kier molecular flexibility index (Phi) is 0.969. The lowest BCUT2D eigenvalue weighted by atomic mass is 10.4. The molecule has 1 N–H and O–H groups in total. The van der Waals surface area contributed by atoms with E-state index in [4.69, 9.17) is 4.42 Å². The summed E-state index contributed by atoms with van der Waals surface area (Å²) in [5, 5.41) is 3.31. The lowest BCUT2D eigenvalue weighted by Crippen LogP contribution is -2.21. The number of thioether (sulfide) groups is 1. The van der Waals surface area contributed by atoms with Crippen LogP contribution in [0.1, 0.15) is 12.8 Å². The first-order chi connectivity index (χ1) is 5.38. The highest BCUT2D eigenvalue weighted by molar-refractivity contribution is 8.01. The van der Waals surface area contributed by atoms with Crippen LogP contribution in [0.3, 0.4) is 0 Å². The van der Waals surface area contributed by atoms with Crippen molar-refractivity contribution >= 4 is 17.6 Å². The molecule has 0 aromatic carbocycles. The number of hydrogen-bond acceptors (Lipinski definition) is 3. The van der Waals surface area contributed by atoms with Gasteiger partial charge in [-0.3, -0.25) is 0 Å². The minimum absolute atomic E-state index is 0.539. The van der Waals surface area contributed by atoms with Crippen molar-refractivity contribution in [1.29, 1.82) is 0 Å². The topological polar surface area (TPSA) is 25.2 Å². The van der Waals surface area contributed by atoms with Gasteiger partial charge in [-0.05, 0) is 18.9 Å². The average molecular weight is 167 g/mol. The molecular weight excluding hydrogens is 158 g/mol. The Morgan fingerprint density at radius 3 is 3.27 bits per heavy atom. The Balaban J connectivity index is 2.00. The summed E-state index contributed by atoms with van der Waals surface area (Å²) in [4.78, 5) is 1.29. The smallest absolute Gasteiger partial charge is 0.206 e. The summed E-state index contributed by atoms with van der Waals surface area (Å²) < 4.78 is 5.78. The average Bonchev–Trinajstić information content (AvgIpc) is 2.63. The molecule has 1 spiro atoms. The van der Waals surface area contributed by atoms with Crippen LogP contribution < -0.4 is 5.32 Å². The summed E-state index contributed by atoms with van der Waals surface area (Å²) in [5.41, 5.74) is 0. The summed E-state index contributed by atoms with van der Waals surface area (Å²) in [7, 11) is 0. The Labute approximate surface area is 69.3 Å². The van der Waals surface area contributed by atoms with Crippen LogP contribution in [0.2, 0.25) is 0 Å². The molecule has 0 atom stereocenters. The second kappa shape index (κ2) is 1.78. The van der Waals surface area contributed by atoms with Gasteiger partial charge in [0.25, 0.3) is 0 Å². The van der Waals surface area contributed by atoms with Crippen molar-refractivity contribution in [1.82, 2.24) is 0 Å². The number of fused-ring (bicyclic) bond motifs is 1. The molecule has 1 fully saturated rings. The number of furan rings is 1. The van der Waals surface area contributed by atoms with E-state index >= 15 is 0 Å². The van der Waals surface area contributed by atoms with Crippen LogP contribution in [-0.4, -0.2) is 11.3 Å². The summed E-state index contributed by atoms with van der Waals surface area (Å²) in [6.07, 6.45) is 4.47. The fraction of sp³-hybridized carbons (Fsp3) is 0.500. The summed E-state index contributed by atoms with van der Waals surface area (Å²) in [6, 6.07) is 2.05. The van der Waals surface area contributed by atoms with Crippen molar-refractivity contribution in [3.8, 4) is 0 Å². The molecule has 1 aliphatic heterocycles. The molecule has 2 aliphatic rings. The van der Waals surface area contributed by atoms with Gasteiger partial charge in [0.05, 0.1) is 11.2 Å². The van der Waals surface area contributed by atoms with E-state index in [0.29, 0.717) is 4.75 Å². The molecule has 1 aromatic rings. The van der Waals surface area contributed by atoms with E-state index < -0.39 is 0 Å². The van der Waals surface area contributed by atoms with Gasteiger partial charge in [-0.25, -0.2) is 0 Å². The van der Waals surface area contributed by atoms with Gasteiger partial charge in [0.1, 0.15) is 0 Å². The van der Waals surface area contributed by atoms with E-state index in [0.717, 1.165) is 12.4 Å². The van der Waals surface area contributed by atoms with Gasteiger partial charge >= 0.3 is 0 Å². The van der Waals surface area contributed by atoms with Crippen LogP contribution in [0.4, 0.5) is 5.88 Å². The zero-order valence-electron chi connectivity index (χ0n) is 6.09. The number of hydrogen-bond donors (Lipinski definition) is 1. The normalized spacial score (nSPS) is 24.4. The summed E-state index contributed by atoms with van der Waals surface area (Å²) in [5.74, 6) is 0.965. The van der Waals surface area contributed by atoms with Gasteiger partial charge in [0.2, 0.25) is 5.88 Å². The van der Waals surface area contributed by atoms with Crippen LogP contribution in [0, 0.1) is 0 Å². The maximum absolute atomic E-state index is 5.25. The molecule has 58 valence electrons. The molecule has 0 radical (unpaired) electrons. The molecule has 0 saturated heterocycles. The van der Waals surface area contributed by atoms with Crippen LogP contribution in [0.15, 0.2) is 21.6 Å². The molecule has 0 unspecified atom stereocenters. The van der Waals surface area contributed by atoms with Gasteiger partial charge in [0.15, 0.2) is 0 Å². The zero-order chi connectivity index (χ0) is 7.31. The molecule has 1 aliphatic carbocycles. The van der Waals surface area contributed by atoms with Crippen molar-refractivity contribution in [2.45, 2.75) is 22.5 Å². The molecule has 0 bridgehead atoms. The van der Waals surface area contributed by atoms with Crippen molar-refractivity contribution in [2.24, 2.45) is 0 Å². The molecule has 1 aromatic heterocycles. The first-order valence-corrected chi connectivity index (χ1v) is 4.70. The Bertz CT molecular complexity index is 290. The van der Waals surface area contributed by atoms with Crippen molar-refractivity contribution in [2.75, 3.05) is 11.9 Å². The molecule has 11 heavy (non-hydrogen) atoms. The number of rotatable bonds is 0. The molecule has 3 heteroatoms. The Morgan fingerprint density at radius 1 is 1.55 bits per heavy atom. The molecule has 2 heterocycles. The third-order valence-corrected chi connectivity index (χ3v) is 3.86. The summed E-state index contributed by atoms with van der Waals surface area (Å²) >= 11 is 1.98. The van der Waals surface area contributed by atoms with E-state index in [1.165, 1.54) is 17.7 Å². The third kappa shape index (κ3) is 0.805. The summed E-state index contributed by atoms with van der Waals surface area (Å²) in [6.45, 7) is 1.08. The highest BCUT2D eigenvalue weighted by Gasteiger charge is 2.46. The lowest BCUT2D eigenvalue weighted by molar-refractivity contribution is 0.571. The monoisotopic (exact) mass is 167 g/mol. The van der Waals surface area contributed by atoms with Crippen LogP contribution in [0.25, 0.3) is 0 Å². The maximum atomic E-state index is 5.25. The fourth-order valence-corrected chi connectivity index (χ4v) is 2.69. The van der Waals surface area contributed by atoms with Gasteiger partial charge in [0, 0.05) is 11.3 Å². The van der Waals surface area contributed by atoms with Crippen LogP contribution >= 0.6 is 11.8 Å². The molecule has 3 rings (SSSR count). The van der Waals surface area contributed by atoms with E-state index in [-0.39, 0.29) is 0 Å². The SMILES string of the molecule is c1cc2c(o1)NCC1(CC1)S2. The van der Waals surface area contributed by atoms with Crippen LogP contribution in [0.5, 0.6) is 0 Å². The van der Waals surface area contributed by atoms with Gasteiger partial charge in [-0.1, -0.05) is 0 Å². The standard InChI is InChI=1S/C8H9NOS/c1-4-10-7-6(1)11-8(2-3-8)5-9-7/h1,4,9H,2-3,5H2. The highest BCUT2D eigenvalue weighted by Crippen LogP contribution is 2.55. The fourth-order valence-electron chi connectivity index (χ4n) is 1.44. The lowest BCUT2D eigenvalue weighted by Gasteiger charge is -2.20. The maximum Gasteiger partial charge on any atom is 0.206 e. The Morgan fingerprint density at radius 2 is 2.45 bits per heavy atom. The number of nitrogens with one attached hydrogen (secondary N) is 1. The second-order valence-corrected chi connectivity index (χ2v) is 4.76. The first-order valence-electron chi connectivity index (χ1n) is 3.88. The van der Waals surface area contributed by atoms with Gasteiger partial charge in [-0.2, -0.15) is 0 Å². The van der Waals surface area contributed by atoms with E-state index in [2.05, 4.69) is 5.32 Å². The van der Waals surface area contributed by atoms with E-state index in [9.17, 15) is 0 Å². The highest BCUT2D eigenvalue weighted by atomic mass is 32.2. The third-order valence-electron chi connectivity index (χ3n) is 2.33. The number of anilines is 1. The second-order valence-electron chi connectivity index (χ2n) is 3.25.